The van der Waals surface area contributed by atoms with Crippen LogP contribution >= 0.6 is 0 Å². The lowest BCUT2D eigenvalue weighted by Crippen LogP contribution is -2.32. The fourth-order valence-corrected chi connectivity index (χ4v) is 4.50. The summed E-state index contributed by atoms with van der Waals surface area (Å²) in [6.07, 6.45) is 6.09. The highest BCUT2D eigenvalue weighted by Crippen LogP contribution is 2.35. The number of carbonyl (C=O) groups is 1. The molecule has 150 valence electrons. The van der Waals surface area contributed by atoms with Crippen molar-refractivity contribution in [1.82, 2.24) is 19.9 Å². The van der Waals surface area contributed by atoms with E-state index in [-0.39, 0.29) is 6.04 Å². The zero-order valence-electron chi connectivity index (χ0n) is 16.8. The number of H-pyrrole nitrogens is 1. The maximum atomic E-state index is 11.6. The molecule has 5 nitrogen and oxygen atoms in total. The summed E-state index contributed by atoms with van der Waals surface area (Å²) in [7, 11) is 0. The first kappa shape index (κ1) is 18.7. The van der Waals surface area contributed by atoms with E-state index in [9.17, 15) is 4.79 Å². The van der Waals surface area contributed by atoms with Crippen LogP contribution in [0.5, 0.6) is 0 Å². The molecule has 2 aromatic heterocycles. The summed E-state index contributed by atoms with van der Waals surface area (Å²) < 4.78 is 0. The molecule has 4 aromatic rings. The van der Waals surface area contributed by atoms with Crippen LogP contribution in [0.2, 0.25) is 0 Å². The molecule has 1 unspecified atom stereocenters. The maximum Gasteiger partial charge on any atom is 0.150 e. The predicted molar refractivity (Wildman–Crippen MR) is 117 cm³/mol. The number of para-hydroxylation sites is 2. The van der Waals surface area contributed by atoms with Crippen LogP contribution in [0.25, 0.3) is 11.0 Å². The van der Waals surface area contributed by atoms with Gasteiger partial charge in [-0.1, -0.05) is 42.5 Å². The molecule has 0 fully saturated rings. The van der Waals surface area contributed by atoms with Gasteiger partial charge >= 0.3 is 0 Å². The van der Waals surface area contributed by atoms with E-state index in [1.807, 2.05) is 54.7 Å². The lowest BCUT2D eigenvalue weighted by Gasteiger charge is -2.34. The quantitative estimate of drug-likeness (QED) is 0.473. The fraction of sp³-hybridized carbons (Fsp3) is 0.240. The smallest absolute Gasteiger partial charge is 0.150 e. The van der Waals surface area contributed by atoms with Gasteiger partial charge in [-0.15, -0.1) is 0 Å². The third-order valence-electron chi connectivity index (χ3n) is 5.95. The topological polar surface area (TPSA) is 61.9 Å². The van der Waals surface area contributed by atoms with Crippen LogP contribution < -0.4 is 0 Å². The number of aldehydes is 1. The van der Waals surface area contributed by atoms with Gasteiger partial charge in [0.05, 0.1) is 29.3 Å². The summed E-state index contributed by atoms with van der Waals surface area (Å²) in [4.78, 5) is 27.0. The summed E-state index contributed by atoms with van der Waals surface area (Å²) in [5.74, 6) is 0.933. The van der Waals surface area contributed by atoms with Gasteiger partial charge in [-0.3, -0.25) is 14.7 Å². The molecule has 5 rings (SSSR count). The first-order chi connectivity index (χ1) is 14.8. The Bertz CT molecular complexity index is 1150. The Morgan fingerprint density at radius 2 is 1.90 bits per heavy atom. The van der Waals surface area contributed by atoms with E-state index in [4.69, 9.17) is 9.97 Å². The minimum Gasteiger partial charge on any atom is -0.341 e. The molecule has 0 spiro atoms. The van der Waals surface area contributed by atoms with Crippen LogP contribution in [0.4, 0.5) is 0 Å². The molecule has 0 aliphatic heterocycles. The molecule has 5 heteroatoms. The van der Waals surface area contributed by atoms with Crippen molar-refractivity contribution >= 4 is 17.3 Å². The van der Waals surface area contributed by atoms with Crippen molar-refractivity contribution in [3.63, 3.8) is 0 Å². The number of aromatic nitrogens is 3. The summed E-state index contributed by atoms with van der Waals surface area (Å²) in [5, 5.41) is 0. The van der Waals surface area contributed by atoms with Gasteiger partial charge in [0.1, 0.15) is 12.1 Å². The van der Waals surface area contributed by atoms with Crippen molar-refractivity contribution in [2.45, 2.75) is 38.4 Å². The molecule has 1 aliphatic carbocycles. The van der Waals surface area contributed by atoms with Crippen LogP contribution in [-0.2, 0) is 19.5 Å². The molecule has 2 aromatic carbocycles. The standard InChI is InChI=1S/C25H24N4O/c30-17-20-8-2-1-7-19(20)15-29(16-24-27-21-11-3-4-12-22(21)28-24)23-13-5-9-18-10-6-14-26-25(18)23/h1-4,6-8,10-12,14,17,23H,5,9,13,15-16H2,(H,27,28). The van der Waals surface area contributed by atoms with Gasteiger partial charge in [-0.2, -0.15) is 0 Å². The summed E-state index contributed by atoms with van der Waals surface area (Å²) in [6, 6.07) is 20.3. The molecule has 0 bridgehead atoms. The van der Waals surface area contributed by atoms with E-state index in [2.05, 4.69) is 22.0 Å². The molecule has 30 heavy (non-hydrogen) atoms. The number of benzene rings is 2. The predicted octanol–water partition coefficient (Wildman–Crippen LogP) is 4.85. The summed E-state index contributed by atoms with van der Waals surface area (Å²) >= 11 is 0. The molecule has 0 saturated heterocycles. The van der Waals surface area contributed by atoms with Gasteiger partial charge in [0, 0.05) is 18.3 Å². The molecular formula is C25H24N4O. The van der Waals surface area contributed by atoms with Gasteiger partial charge < -0.3 is 4.98 Å². The first-order valence-electron chi connectivity index (χ1n) is 10.5. The second-order valence-electron chi connectivity index (χ2n) is 7.88. The van der Waals surface area contributed by atoms with Crippen molar-refractivity contribution in [1.29, 1.82) is 0 Å². The highest BCUT2D eigenvalue weighted by atomic mass is 16.1. The minimum atomic E-state index is 0.197. The number of hydrogen-bond acceptors (Lipinski definition) is 4. The number of aromatic amines is 1. The number of rotatable bonds is 6. The number of hydrogen-bond donors (Lipinski definition) is 1. The molecule has 1 atom stereocenters. The van der Waals surface area contributed by atoms with Crippen LogP contribution in [-0.4, -0.2) is 26.1 Å². The summed E-state index contributed by atoms with van der Waals surface area (Å²) in [6.45, 7) is 1.34. The Balaban J connectivity index is 1.53. The normalized spacial score (nSPS) is 16.0. The van der Waals surface area contributed by atoms with Crippen molar-refractivity contribution in [2.24, 2.45) is 0 Å². The third kappa shape index (κ3) is 3.64. The zero-order chi connectivity index (χ0) is 20.3. The van der Waals surface area contributed by atoms with Crippen LogP contribution in [0, 0.1) is 0 Å². The lowest BCUT2D eigenvalue weighted by atomic mass is 9.90. The molecule has 0 saturated carbocycles. The number of carbonyl (C=O) groups excluding carboxylic acids is 1. The number of imidazole rings is 1. The van der Waals surface area contributed by atoms with E-state index in [0.29, 0.717) is 13.1 Å². The number of aryl methyl sites for hydroxylation is 1. The Hall–Kier alpha value is -3.31. The van der Waals surface area contributed by atoms with E-state index in [1.165, 1.54) is 5.56 Å². The number of pyridine rings is 1. The van der Waals surface area contributed by atoms with Crippen LogP contribution in [0.3, 0.4) is 0 Å². The average Bonchev–Trinajstić information content (AvgIpc) is 3.21. The van der Waals surface area contributed by atoms with Crippen LogP contribution in [0.15, 0.2) is 66.9 Å². The van der Waals surface area contributed by atoms with Gasteiger partial charge in [-0.05, 0) is 48.6 Å². The fourth-order valence-electron chi connectivity index (χ4n) is 4.50. The molecule has 2 heterocycles. The number of nitrogens with zero attached hydrogens (tertiary/aromatic N) is 3. The first-order valence-corrected chi connectivity index (χ1v) is 10.5. The highest BCUT2D eigenvalue weighted by molar-refractivity contribution is 5.77. The monoisotopic (exact) mass is 396 g/mol. The lowest BCUT2D eigenvalue weighted by molar-refractivity contribution is 0.111. The van der Waals surface area contributed by atoms with Gasteiger partial charge in [0.2, 0.25) is 0 Å². The number of fused-ring (bicyclic) bond motifs is 2. The minimum absolute atomic E-state index is 0.197. The van der Waals surface area contributed by atoms with Crippen molar-refractivity contribution in [3.8, 4) is 0 Å². The van der Waals surface area contributed by atoms with Crippen molar-refractivity contribution < 1.29 is 4.79 Å². The molecule has 0 radical (unpaired) electrons. The third-order valence-corrected chi connectivity index (χ3v) is 5.95. The largest absolute Gasteiger partial charge is 0.341 e. The highest BCUT2D eigenvalue weighted by Gasteiger charge is 2.28. The molecule has 1 N–H and O–H groups in total. The van der Waals surface area contributed by atoms with Crippen LogP contribution in [0.1, 0.15) is 51.9 Å². The summed E-state index contributed by atoms with van der Waals surface area (Å²) in [5.41, 5.74) is 6.28. The van der Waals surface area contributed by atoms with Crippen molar-refractivity contribution in [2.75, 3.05) is 0 Å². The maximum absolute atomic E-state index is 11.6. The Labute approximate surface area is 175 Å². The van der Waals surface area contributed by atoms with Gasteiger partial charge in [-0.25, -0.2) is 4.98 Å². The second kappa shape index (κ2) is 8.20. The molecule has 0 amide bonds. The van der Waals surface area contributed by atoms with E-state index in [1.54, 1.807) is 0 Å². The molecule has 1 aliphatic rings. The SMILES string of the molecule is O=Cc1ccccc1CN(Cc1nc2ccccc2[nH]1)C1CCCc2cccnc21. The van der Waals surface area contributed by atoms with Crippen molar-refractivity contribution in [3.05, 3.63) is 95.1 Å². The zero-order valence-corrected chi connectivity index (χ0v) is 16.8. The second-order valence-corrected chi connectivity index (χ2v) is 7.88. The van der Waals surface area contributed by atoms with E-state index < -0.39 is 0 Å². The van der Waals surface area contributed by atoms with E-state index in [0.717, 1.165) is 59.2 Å². The van der Waals surface area contributed by atoms with E-state index >= 15 is 0 Å². The van der Waals surface area contributed by atoms with Gasteiger partial charge in [0.25, 0.3) is 0 Å². The Morgan fingerprint density at radius 1 is 1.03 bits per heavy atom. The Kier molecular flexibility index (Phi) is 5.11. The molecular weight excluding hydrogens is 372 g/mol. The Morgan fingerprint density at radius 3 is 2.80 bits per heavy atom. The number of nitrogens with one attached hydrogen (secondary N) is 1. The average molecular weight is 396 g/mol. The van der Waals surface area contributed by atoms with Gasteiger partial charge in [0.15, 0.2) is 0 Å².